The van der Waals surface area contributed by atoms with Gasteiger partial charge in [0.25, 0.3) is 0 Å². The molecule has 1 unspecified atom stereocenters. The normalized spacial score (nSPS) is 28.1. The molecule has 1 N–H and O–H groups in total. The molecule has 0 spiro atoms. The van der Waals surface area contributed by atoms with E-state index < -0.39 is 5.72 Å². The van der Waals surface area contributed by atoms with Crippen LogP contribution in [0.5, 0.6) is 0 Å². The number of nitrogens with zero attached hydrogens (tertiary/aromatic N) is 2. The minimum atomic E-state index is -0.540. The van der Waals surface area contributed by atoms with Gasteiger partial charge >= 0.3 is 0 Å². The Labute approximate surface area is 142 Å². The number of hydrogen-bond donors (Lipinski definition) is 1. The van der Waals surface area contributed by atoms with Crippen molar-refractivity contribution in [3.63, 3.8) is 0 Å². The van der Waals surface area contributed by atoms with Crippen LogP contribution < -0.4 is 0 Å². The van der Waals surface area contributed by atoms with Crippen LogP contribution in [0.1, 0.15) is 80.1 Å². The molecule has 23 heavy (non-hydrogen) atoms. The van der Waals surface area contributed by atoms with Crippen molar-refractivity contribution in [3.05, 3.63) is 0 Å². The lowest BCUT2D eigenvalue weighted by molar-refractivity contribution is -0.251. The van der Waals surface area contributed by atoms with Crippen molar-refractivity contribution in [2.75, 3.05) is 13.7 Å². The molecule has 0 radical (unpaired) electrons. The molecule has 0 aromatic heterocycles. The fourth-order valence-corrected chi connectivity index (χ4v) is 3.38. The molecular weight excluding hydrogens is 292 g/mol. The molecule has 5 heteroatoms. The highest BCUT2D eigenvalue weighted by atomic mass is 16.6. The first-order valence-electron chi connectivity index (χ1n) is 8.72. The second-order valence-corrected chi connectivity index (χ2v) is 8.73. The number of hydroxylamine groups is 2. The lowest BCUT2D eigenvalue weighted by atomic mass is 9.86. The third-order valence-corrected chi connectivity index (χ3v) is 4.27. The molecule has 2 rings (SSSR count). The second kappa shape index (κ2) is 7.95. The van der Waals surface area contributed by atoms with Crippen molar-refractivity contribution in [1.82, 2.24) is 5.06 Å². The van der Waals surface area contributed by atoms with Gasteiger partial charge in [-0.25, -0.2) is 0 Å². The largest absolute Gasteiger partial charge is 0.399 e. The molecular formula is C18H36N2O3. The average Bonchev–Trinajstić information content (AvgIpc) is 2.63. The van der Waals surface area contributed by atoms with Crippen LogP contribution in [0.15, 0.2) is 5.16 Å². The second-order valence-electron chi connectivity index (χ2n) is 8.73. The summed E-state index contributed by atoms with van der Waals surface area (Å²) in [5.74, 6) is 0. The molecule has 1 heterocycles. The third kappa shape index (κ3) is 6.40. The zero-order valence-corrected chi connectivity index (χ0v) is 16.1. The van der Waals surface area contributed by atoms with Crippen LogP contribution >= 0.6 is 0 Å². The van der Waals surface area contributed by atoms with Crippen LogP contribution in [-0.2, 0) is 9.57 Å². The average molecular weight is 328 g/mol. The minimum absolute atomic E-state index is 0.149. The van der Waals surface area contributed by atoms with Crippen LogP contribution in [-0.4, -0.2) is 41.0 Å². The number of hydrogen-bond acceptors (Lipinski definition) is 5. The van der Waals surface area contributed by atoms with Gasteiger partial charge in [-0.1, -0.05) is 32.3 Å². The van der Waals surface area contributed by atoms with Gasteiger partial charge in [-0.3, -0.25) is 0 Å². The van der Waals surface area contributed by atoms with Crippen LogP contribution in [0.2, 0.25) is 0 Å². The molecule has 1 saturated carbocycles. The van der Waals surface area contributed by atoms with Gasteiger partial charge < -0.3 is 14.8 Å². The van der Waals surface area contributed by atoms with E-state index >= 15 is 0 Å². The third-order valence-electron chi connectivity index (χ3n) is 4.27. The molecule has 0 aromatic rings. The maximum absolute atomic E-state index is 10.0. The Hall–Kier alpha value is -0.650. The van der Waals surface area contributed by atoms with Crippen molar-refractivity contribution >= 4 is 5.71 Å². The summed E-state index contributed by atoms with van der Waals surface area (Å²) in [4.78, 5) is 4.67. The Kier molecular flexibility index (Phi) is 7.05. The van der Waals surface area contributed by atoms with E-state index in [0.717, 1.165) is 19.3 Å². The van der Waals surface area contributed by atoms with E-state index in [1.807, 2.05) is 20.8 Å². The maximum atomic E-state index is 10.0. The predicted octanol–water partition coefficient (Wildman–Crippen LogP) is 4.59. The van der Waals surface area contributed by atoms with E-state index in [0.29, 0.717) is 6.61 Å². The van der Waals surface area contributed by atoms with E-state index in [1.165, 1.54) is 30.0 Å². The summed E-state index contributed by atoms with van der Waals surface area (Å²) >= 11 is 0. The lowest BCUT2D eigenvalue weighted by Gasteiger charge is -2.38. The molecule has 1 atom stereocenters. The summed E-state index contributed by atoms with van der Waals surface area (Å²) in [6.07, 6.45) is 7.06. The van der Waals surface area contributed by atoms with Gasteiger partial charge in [0.15, 0.2) is 0 Å². The topological polar surface area (TPSA) is 54.3 Å². The Morgan fingerprint density at radius 2 is 1.74 bits per heavy atom. The fourth-order valence-electron chi connectivity index (χ4n) is 3.38. The van der Waals surface area contributed by atoms with Crippen molar-refractivity contribution in [2.45, 2.75) is 91.3 Å². The van der Waals surface area contributed by atoms with Gasteiger partial charge in [0.2, 0.25) is 0 Å². The molecule has 1 aliphatic heterocycles. The summed E-state index contributed by atoms with van der Waals surface area (Å²) in [6, 6.07) is 0. The zero-order valence-electron chi connectivity index (χ0n) is 16.1. The van der Waals surface area contributed by atoms with E-state index in [-0.39, 0.29) is 11.0 Å². The van der Waals surface area contributed by atoms with Crippen molar-refractivity contribution < 1.29 is 14.8 Å². The van der Waals surface area contributed by atoms with E-state index in [4.69, 9.17) is 4.74 Å². The van der Waals surface area contributed by atoms with Gasteiger partial charge in [0.1, 0.15) is 12.8 Å². The SMILES string of the molecule is CC(C)(C)CC1(C)OCC(C)(C)N1O.CON=C1CCCCC1. The van der Waals surface area contributed by atoms with Gasteiger partial charge in [-0.05, 0) is 58.3 Å². The van der Waals surface area contributed by atoms with Crippen LogP contribution in [0, 0.1) is 5.41 Å². The molecule has 1 saturated heterocycles. The molecule has 2 aliphatic rings. The summed E-state index contributed by atoms with van der Waals surface area (Å²) in [7, 11) is 1.61. The first-order chi connectivity index (χ1) is 10.5. The van der Waals surface area contributed by atoms with Gasteiger partial charge in [-0.2, -0.15) is 5.06 Å². The van der Waals surface area contributed by atoms with Crippen LogP contribution in [0.3, 0.4) is 0 Å². The molecule has 0 amide bonds. The first kappa shape index (κ1) is 20.4. The highest BCUT2D eigenvalue weighted by Gasteiger charge is 2.49. The number of ether oxygens (including phenoxy) is 1. The van der Waals surface area contributed by atoms with Crippen molar-refractivity contribution in [3.8, 4) is 0 Å². The molecule has 5 nitrogen and oxygen atoms in total. The lowest BCUT2D eigenvalue weighted by Crippen LogP contribution is -2.50. The summed E-state index contributed by atoms with van der Waals surface area (Å²) in [6.45, 7) is 13.0. The summed E-state index contributed by atoms with van der Waals surface area (Å²) in [5, 5.41) is 15.3. The van der Waals surface area contributed by atoms with E-state index in [2.05, 4.69) is 30.8 Å². The Morgan fingerprint density at radius 1 is 1.17 bits per heavy atom. The quantitative estimate of drug-likeness (QED) is 0.753. The Morgan fingerprint density at radius 3 is 2.13 bits per heavy atom. The molecule has 0 bridgehead atoms. The van der Waals surface area contributed by atoms with Gasteiger partial charge in [0.05, 0.1) is 17.9 Å². The van der Waals surface area contributed by atoms with E-state index in [1.54, 1.807) is 7.11 Å². The minimum Gasteiger partial charge on any atom is -0.399 e. The monoisotopic (exact) mass is 328 g/mol. The van der Waals surface area contributed by atoms with Gasteiger partial charge in [-0.15, -0.1) is 0 Å². The highest BCUT2D eigenvalue weighted by molar-refractivity contribution is 5.84. The van der Waals surface area contributed by atoms with Gasteiger partial charge in [0, 0.05) is 0 Å². The van der Waals surface area contributed by atoms with E-state index in [9.17, 15) is 5.21 Å². The Bertz CT molecular complexity index is 394. The smallest absolute Gasteiger partial charge is 0.142 e. The highest BCUT2D eigenvalue weighted by Crippen LogP contribution is 2.40. The fraction of sp³-hybridized carbons (Fsp3) is 0.944. The first-order valence-corrected chi connectivity index (χ1v) is 8.72. The number of rotatable bonds is 2. The summed E-state index contributed by atoms with van der Waals surface area (Å²) < 4.78 is 5.72. The maximum Gasteiger partial charge on any atom is 0.142 e. The predicted molar refractivity (Wildman–Crippen MR) is 93.7 cm³/mol. The zero-order chi connectivity index (χ0) is 17.7. The van der Waals surface area contributed by atoms with Crippen LogP contribution in [0.4, 0.5) is 0 Å². The molecule has 0 aromatic carbocycles. The van der Waals surface area contributed by atoms with Crippen molar-refractivity contribution in [2.24, 2.45) is 10.6 Å². The summed E-state index contributed by atoms with van der Waals surface area (Å²) in [5.41, 5.74) is 0.571. The Balaban J connectivity index is 0.000000253. The van der Waals surface area contributed by atoms with Crippen LogP contribution in [0.25, 0.3) is 0 Å². The molecule has 136 valence electrons. The standard InChI is InChI=1S/C11H23NO2.C7H13NO/c1-9(2,3)7-11(6)12(13)10(4,5)8-14-11;1-9-8-7-5-3-2-4-6-7/h13H,7-8H2,1-6H3;2-6H2,1H3. The van der Waals surface area contributed by atoms with Crippen molar-refractivity contribution in [1.29, 1.82) is 0 Å². The molecule has 1 aliphatic carbocycles. The molecule has 2 fully saturated rings. The number of oxime groups is 1.